The third-order valence-electron chi connectivity index (χ3n) is 9.90. The van der Waals surface area contributed by atoms with Gasteiger partial charge in [-0.3, -0.25) is 19.3 Å². The van der Waals surface area contributed by atoms with Gasteiger partial charge in [0.25, 0.3) is 5.56 Å². The van der Waals surface area contributed by atoms with Crippen molar-refractivity contribution in [2.75, 3.05) is 26.7 Å². The molecule has 1 unspecified atom stereocenters. The number of esters is 1. The standard InChI is InChI=1S/C34H32F9N3O5/c1-45-25-14-18(16-47)6-7-23(25)27(33(38,39)40)26(28(45)48)22-9-8-20-19(4-3-5-21(20)22)15-24(29(49)51-2)44-30(50)31(34(41,42)43)10-12-46(13-11-31)17-32(35,36)37/h3-7,14,16,22,24H,8-13,15,17H2,1-2H3,(H,44,50)/t22?,24-/m0/s1. The van der Waals surface area contributed by atoms with Gasteiger partial charge in [-0.2, -0.15) is 39.5 Å². The second-order valence-corrected chi connectivity index (χ2v) is 12.8. The van der Waals surface area contributed by atoms with Crippen LogP contribution in [0.4, 0.5) is 39.5 Å². The number of fused-ring (bicyclic) bond motifs is 2. The average Bonchev–Trinajstić information content (AvgIpc) is 3.48. The first-order chi connectivity index (χ1) is 23.7. The number of nitrogens with one attached hydrogen (secondary N) is 1. The second kappa shape index (κ2) is 13.6. The van der Waals surface area contributed by atoms with Crippen molar-refractivity contribution in [1.29, 1.82) is 0 Å². The number of methoxy groups -OCH3 is 1. The molecule has 1 amide bonds. The summed E-state index contributed by atoms with van der Waals surface area (Å²) >= 11 is 0. The van der Waals surface area contributed by atoms with Crippen molar-refractivity contribution in [3.8, 4) is 0 Å². The molecule has 2 heterocycles. The zero-order chi connectivity index (χ0) is 37.7. The monoisotopic (exact) mass is 733 g/mol. The highest BCUT2D eigenvalue weighted by molar-refractivity contribution is 5.90. The highest BCUT2D eigenvalue weighted by Gasteiger charge is 2.61. The van der Waals surface area contributed by atoms with Gasteiger partial charge in [0.05, 0.1) is 24.7 Å². The molecule has 0 saturated carbocycles. The number of hydrogen-bond donors (Lipinski definition) is 1. The van der Waals surface area contributed by atoms with Gasteiger partial charge in [-0.15, -0.1) is 0 Å². The molecule has 2 atom stereocenters. The maximum atomic E-state index is 14.7. The van der Waals surface area contributed by atoms with E-state index < -0.39 is 103 Å². The van der Waals surface area contributed by atoms with E-state index in [0.717, 1.165) is 22.6 Å². The van der Waals surface area contributed by atoms with Crippen molar-refractivity contribution in [2.24, 2.45) is 12.5 Å². The maximum absolute atomic E-state index is 14.7. The molecule has 51 heavy (non-hydrogen) atoms. The number of benzene rings is 2. The Balaban J connectivity index is 1.49. The van der Waals surface area contributed by atoms with E-state index in [9.17, 15) is 58.7 Å². The largest absolute Gasteiger partial charge is 0.467 e. The first-order valence-corrected chi connectivity index (χ1v) is 15.8. The van der Waals surface area contributed by atoms with Crippen LogP contribution in [0.3, 0.4) is 0 Å². The van der Waals surface area contributed by atoms with Crippen LogP contribution in [-0.2, 0) is 40.4 Å². The summed E-state index contributed by atoms with van der Waals surface area (Å²) in [5.41, 5.74) is -4.73. The van der Waals surface area contributed by atoms with E-state index in [1.807, 2.05) is 0 Å². The number of aromatic nitrogens is 1. The average molecular weight is 734 g/mol. The molecular formula is C34H32F9N3O5. The Morgan fingerprint density at radius 2 is 1.71 bits per heavy atom. The molecule has 1 N–H and O–H groups in total. The van der Waals surface area contributed by atoms with Gasteiger partial charge >= 0.3 is 24.5 Å². The van der Waals surface area contributed by atoms with E-state index in [1.54, 1.807) is 0 Å². The summed E-state index contributed by atoms with van der Waals surface area (Å²) in [5, 5.41) is 1.80. The number of carbonyl (C=O) groups is 3. The second-order valence-electron chi connectivity index (χ2n) is 12.8. The van der Waals surface area contributed by atoms with Crippen molar-refractivity contribution >= 4 is 29.1 Å². The number of aryl methyl sites for hydroxylation is 1. The lowest BCUT2D eigenvalue weighted by Gasteiger charge is -2.42. The molecular weight excluding hydrogens is 701 g/mol. The van der Waals surface area contributed by atoms with Crippen LogP contribution in [0.15, 0.2) is 41.2 Å². The molecule has 1 aliphatic carbocycles. The summed E-state index contributed by atoms with van der Waals surface area (Å²) in [4.78, 5) is 51.9. The Morgan fingerprint density at radius 3 is 2.27 bits per heavy atom. The number of likely N-dealkylation sites (tertiary alicyclic amines) is 1. The summed E-state index contributed by atoms with van der Waals surface area (Å²) in [6, 6.07) is 6.25. The minimum Gasteiger partial charge on any atom is -0.467 e. The number of pyridine rings is 1. The van der Waals surface area contributed by atoms with Crippen LogP contribution in [0.5, 0.6) is 0 Å². The lowest BCUT2D eigenvalue weighted by Crippen LogP contribution is -2.59. The number of halogens is 9. The number of nitrogens with zero attached hydrogens (tertiary/aromatic N) is 2. The fourth-order valence-electron chi connectivity index (χ4n) is 7.34. The molecule has 2 aromatic carbocycles. The predicted octanol–water partition coefficient (Wildman–Crippen LogP) is 5.86. The van der Waals surface area contributed by atoms with E-state index in [1.165, 1.54) is 37.4 Å². The normalized spacial score (nSPS) is 18.7. The molecule has 1 saturated heterocycles. The minimum atomic E-state index is -5.18. The third kappa shape index (κ3) is 7.21. The fourth-order valence-corrected chi connectivity index (χ4v) is 7.34. The molecule has 0 radical (unpaired) electrons. The van der Waals surface area contributed by atoms with Gasteiger partial charge in [-0.05, 0) is 61.5 Å². The number of amides is 1. The highest BCUT2D eigenvalue weighted by Crippen LogP contribution is 2.48. The van der Waals surface area contributed by atoms with E-state index in [-0.39, 0.29) is 29.3 Å². The molecule has 8 nitrogen and oxygen atoms in total. The summed E-state index contributed by atoms with van der Waals surface area (Å²) < 4.78 is 132. The fraction of sp³-hybridized carbons (Fsp3) is 0.471. The van der Waals surface area contributed by atoms with Crippen LogP contribution in [0.1, 0.15) is 63.4 Å². The lowest BCUT2D eigenvalue weighted by molar-refractivity contribution is -0.236. The SMILES string of the molecule is COC(=O)[C@H](Cc1cccc2c1CCC2c1c(C(F)(F)F)c2ccc(C=O)cc2n(C)c1=O)NC(=O)C1(C(F)(F)F)CCN(CC(F)(F)F)CC1. The first-order valence-electron chi connectivity index (χ1n) is 15.8. The smallest absolute Gasteiger partial charge is 0.417 e. The lowest BCUT2D eigenvalue weighted by atomic mass is 9.76. The predicted molar refractivity (Wildman–Crippen MR) is 164 cm³/mol. The van der Waals surface area contributed by atoms with Crippen molar-refractivity contribution < 1.29 is 58.6 Å². The molecule has 0 bridgehead atoms. The molecule has 0 spiro atoms. The Hall–Kier alpha value is -4.41. The Labute approximate surface area is 284 Å². The number of piperidine rings is 1. The van der Waals surface area contributed by atoms with E-state index in [2.05, 4.69) is 5.32 Å². The maximum Gasteiger partial charge on any atom is 0.417 e. The summed E-state index contributed by atoms with van der Waals surface area (Å²) in [6.07, 6.45) is -16.7. The molecule has 17 heteroatoms. The quantitative estimate of drug-likeness (QED) is 0.177. The van der Waals surface area contributed by atoms with Crippen molar-refractivity contribution in [3.05, 3.63) is 80.1 Å². The number of aldehydes is 1. The van der Waals surface area contributed by atoms with Crippen LogP contribution in [0, 0.1) is 5.41 Å². The number of alkyl halides is 9. The number of hydrogen-bond acceptors (Lipinski definition) is 6. The minimum absolute atomic E-state index is 0.0312. The molecule has 3 aromatic rings. The van der Waals surface area contributed by atoms with Gasteiger partial charge in [0.2, 0.25) is 5.91 Å². The highest BCUT2D eigenvalue weighted by atomic mass is 19.4. The molecule has 1 aliphatic heterocycles. The van der Waals surface area contributed by atoms with Crippen molar-refractivity contribution in [1.82, 2.24) is 14.8 Å². The molecule has 5 rings (SSSR count). The Kier molecular flexibility index (Phi) is 10.1. The summed E-state index contributed by atoms with van der Waals surface area (Å²) in [7, 11) is 2.22. The zero-order valence-electron chi connectivity index (χ0n) is 27.2. The Bertz CT molecular complexity index is 1910. The van der Waals surface area contributed by atoms with Crippen LogP contribution < -0.4 is 10.9 Å². The van der Waals surface area contributed by atoms with Gasteiger partial charge in [-0.25, -0.2) is 4.79 Å². The molecule has 1 fully saturated rings. The van der Waals surface area contributed by atoms with Gasteiger partial charge in [0, 0.05) is 35.9 Å². The van der Waals surface area contributed by atoms with Crippen LogP contribution in [0.25, 0.3) is 10.9 Å². The topological polar surface area (TPSA) is 97.7 Å². The first kappa shape index (κ1) is 37.8. The van der Waals surface area contributed by atoms with E-state index in [0.29, 0.717) is 23.0 Å². The summed E-state index contributed by atoms with van der Waals surface area (Å²) in [5.74, 6) is -3.82. The number of ether oxygens (including phenoxy) is 1. The molecule has 276 valence electrons. The van der Waals surface area contributed by atoms with Crippen LogP contribution >= 0.6 is 0 Å². The van der Waals surface area contributed by atoms with Crippen LogP contribution in [-0.4, -0.2) is 72.8 Å². The van der Waals surface area contributed by atoms with Gasteiger partial charge in [-0.1, -0.05) is 30.3 Å². The van der Waals surface area contributed by atoms with E-state index >= 15 is 0 Å². The van der Waals surface area contributed by atoms with Crippen molar-refractivity contribution in [3.63, 3.8) is 0 Å². The molecule has 1 aromatic heterocycles. The van der Waals surface area contributed by atoms with Gasteiger partial charge < -0.3 is 14.6 Å². The van der Waals surface area contributed by atoms with Crippen molar-refractivity contribution in [2.45, 2.75) is 62.6 Å². The Morgan fingerprint density at radius 1 is 1.04 bits per heavy atom. The van der Waals surface area contributed by atoms with E-state index in [4.69, 9.17) is 4.74 Å². The summed E-state index contributed by atoms with van der Waals surface area (Å²) in [6.45, 7) is -2.82. The zero-order valence-corrected chi connectivity index (χ0v) is 27.2. The third-order valence-corrected chi connectivity index (χ3v) is 9.90. The number of carbonyl (C=O) groups excluding carboxylic acids is 3. The van der Waals surface area contributed by atoms with Crippen LogP contribution in [0.2, 0.25) is 0 Å². The van der Waals surface area contributed by atoms with Gasteiger partial charge in [0.1, 0.15) is 17.7 Å². The number of rotatable bonds is 8. The molecule has 2 aliphatic rings. The van der Waals surface area contributed by atoms with Gasteiger partial charge in [0.15, 0.2) is 0 Å².